The van der Waals surface area contributed by atoms with Crippen molar-refractivity contribution in [1.82, 2.24) is 20.0 Å². The van der Waals surface area contributed by atoms with Crippen LogP contribution in [-0.2, 0) is 16.7 Å². The van der Waals surface area contributed by atoms with Crippen LogP contribution in [0, 0.1) is 0 Å². The maximum absolute atomic E-state index is 12.3. The number of hydrogen-bond donors (Lipinski definition) is 0. The number of aromatic nitrogens is 4. The van der Waals surface area contributed by atoms with Crippen LogP contribution in [0.5, 0.6) is 5.88 Å². The van der Waals surface area contributed by atoms with Gasteiger partial charge < -0.3 is 9.47 Å². The Morgan fingerprint density at radius 1 is 1.24 bits per heavy atom. The second-order valence-electron chi connectivity index (χ2n) is 6.99. The van der Waals surface area contributed by atoms with Crippen molar-refractivity contribution >= 4 is 0 Å². The van der Waals surface area contributed by atoms with E-state index >= 15 is 0 Å². The number of hydrogen-bond acceptors (Lipinski definition) is 5. The summed E-state index contributed by atoms with van der Waals surface area (Å²) in [4.78, 5) is 4.07. The first-order valence-electron chi connectivity index (χ1n) is 8.39. The van der Waals surface area contributed by atoms with E-state index in [-0.39, 0.29) is 16.9 Å². The Morgan fingerprint density at radius 3 is 2.72 bits per heavy atom. The molecular weight excluding hydrogens is 330 g/mol. The molecule has 0 spiro atoms. The lowest BCUT2D eigenvalue weighted by atomic mass is 9.81. The van der Waals surface area contributed by atoms with Crippen LogP contribution in [0.4, 0.5) is 8.78 Å². The van der Waals surface area contributed by atoms with Crippen LogP contribution in [0.2, 0.25) is 0 Å². The first-order chi connectivity index (χ1) is 12.0. The van der Waals surface area contributed by atoms with Gasteiger partial charge in [-0.1, -0.05) is 11.3 Å². The standard InChI is InChI=1S/C17H20F2N4O2/c1-24-17-7-5-16(11-17,6-8-17)13-10-23(22-21-13)9-12-3-2-4-14(20-12)25-15(18)19/h2-4,10,15H,5-9,11H2,1H3. The fourth-order valence-corrected chi connectivity index (χ4v) is 4.26. The van der Waals surface area contributed by atoms with Gasteiger partial charge in [-0.15, -0.1) is 5.10 Å². The number of pyridine rings is 1. The van der Waals surface area contributed by atoms with Crippen molar-refractivity contribution in [1.29, 1.82) is 0 Å². The topological polar surface area (TPSA) is 62.1 Å². The van der Waals surface area contributed by atoms with Crippen molar-refractivity contribution in [2.45, 2.75) is 56.3 Å². The molecule has 2 saturated carbocycles. The lowest BCUT2D eigenvalue weighted by Gasteiger charge is -2.25. The highest BCUT2D eigenvalue weighted by atomic mass is 19.3. The average Bonchev–Trinajstić information content (AvgIpc) is 3.29. The van der Waals surface area contributed by atoms with E-state index in [9.17, 15) is 8.78 Å². The molecule has 0 unspecified atom stereocenters. The van der Waals surface area contributed by atoms with Crippen molar-refractivity contribution in [3.63, 3.8) is 0 Å². The Bertz CT molecular complexity index is 757. The molecule has 2 heterocycles. The third kappa shape index (κ3) is 2.99. The van der Waals surface area contributed by atoms with Gasteiger partial charge in [-0.25, -0.2) is 9.67 Å². The molecule has 134 valence electrons. The van der Waals surface area contributed by atoms with E-state index in [0.717, 1.165) is 37.8 Å². The molecule has 2 aliphatic rings. The third-order valence-corrected chi connectivity index (χ3v) is 5.61. The molecule has 0 radical (unpaired) electrons. The van der Waals surface area contributed by atoms with Gasteiger partial charge in [0.1, 0.15) is 0 Å². The zero-order valence-corrected chi connectivity index (χ0v) is 14.0. The fraction of sp³-hybridized carbons (Fsp3) is 0.588. The van der Waals surface area contributed by atoms with Gasteiger partial charge in [-0.2, -0.15) is 8.78 Å². The maximum Gasteiger partial charge on any atom is 0.388 e. The van der Waals surface area contributed by atoms with Gasteiger partial charge in [-0.3, -0.25) is 0 Å². The van der Waals surface area contributed by atoms with Gasteiger partial charge in [0.25, 0.3) is 0 Å². The summed E-state index contributed by atoms with van der Waals surface area (Å²) in [5.74, 6) is -0.0945. The minimum absolute atomic E-state index is 0.00623. The highest BCUT2D eigenvalue weighted by Crippen LogP contribution is 2.58. The molecular formula is C17H20F2N4O2. The Labute approximate surface area is 144 Å². The predicted octanol–water partition coefficient (Wildman–Crippen LogP) is 2.92. The second kappa shape index (κ2) is 6.01. The SMILES string of the molecule is COC12CCC(c3cn(Cc4cccc(OC(F)F)n4)nn3)(CC1)C2. The summed E-state index contributed by atoms with van der Waals surface area (Å²) in [5.41, 5.74) is 1.65. The van der Waals surface area contributed by atoms with Crippen LogP contribution in [0.1, 0.15) is 43.5 Å². The summed E-state index contributed by atoms with van der Waals surface area (Å²) in [7, 11) is 1.79. The molecule has 2 bridgehead atoms. The van der Waals surface area contributed by atoms with Gasteiger partial charge in [-0.05, 0) is 38.2 Å². The molecule has 0 saturated heterocycles. The van der Waals surface area contributed by atoms with E-state index in [0.29, 0.717) is 12.2 Å². The number of ether oxygens (including phenoxy) is 2. The molecule has 2 fully saturated rings. The van der Waals surface area contributed by atoms with Crippen LogP contribution >= 0.6 is 0 Å². The summed E-state index contributed by atoms with van der Waals surface area (Å²) in [6, 6.07) is 4.79. The molecule has 0 amide bonds. The number of rotatable bonds is 6. The molecule has 2 aliphatic carbocycles. The van der Waals surface area contributed by atoms with Gasteiger partial charge in [0, 0.05) is 24.8 Å². The molecule has 2 aromatic rings. The van der Waals surface area contributed by atoms with E-state index in [1.54, 1.807) is 23.9 Å². The number of methoxy groups -OCH3 is 1. The zero-order valence-electron chi connectivity index (χ0n) is 14.0. The molecule has 0 aromatic carbocycles. The molecule has 0 aliphatic heterocycles. The van der Waals surface area contributed by atoms with Gasteiger partial charge in [0.05, 0.1) is 23.5 Å². The number of alkyl halides is 2. The van der Waals surface area contributed by atoms with Gasteiger partial charge in [0.2, 0.25) is 5.88 Å². The molecule has 25 heavy (non-hydrogen) atoms. The lowest BCUT2D eigenvalue weighted by Crippen LogP contribution is -2.24. The van der Waals surface area contributed by atoms with Crippen LogP contribution < -0.4 is 4.74 Å². The summed E-state index contributed by atoms with van der Waals surface area (Å²) in [6.45, 7) is -2.52. The highest BCUT2D eigenvalue weighted by Gasteiger charge is 2.56. The monoisotopic (exact) mass is 350 g/mol. The Morgan fingerprint density at radius 2 is 2.04 bits per heavy atom. The van der Waals surface area contributed by atoms with Crippen molar-refractivity contribution in [3.8, 4) is 5.88 Å². The number of nitrogens with zero attached hydrogens (tertiary/aromatic N) is 4. The van der Waals surface area contributed by atoms with E-state index in [4.69, 9.17) is 4.74 Å². The minimum atomic E-state index is -2.88. The van der Waals surface area contributed by atoms with Crippen LogP contribution in [0.15, 0.2) is 24.4 Å². The predicted molar refractivity (Wildman–Crippen MR) is 84.5 cm³/mol. The van der Waals surface area contributed by atoms with Crippen molar-refractivity contribution in [2.24, 2.45) is 0 Å². The Kier molecular flexibility index (Phi) is 3.94. The molecule has 2 aromatic heterocycles. The van der Waals surface area contributed by atoms with Crippen molar-refractivity contribution in [2.75, 3.05) is 7.11 Å². The van der Waals surface area contributed by atoms with E-state index < -0.39 is 6.61 Å². The molecule has 0 N–H and O–H groups in total. The van der Waals surface area contributed by atoms with Crippen molar-refractivity contribution < 1.29 is 18.3 Å². The normalized spacial score (nSPS) is 28.0. The minimum Gasteiger partial charge on any atom is -0.417 e. The first-order valence-corrected chi connectivity index (χ1v) is 8.39. The van der Waals surface area contributed by atoms with Crippen LogP contribution in [0.25, 0.3) is 0 Å². The summed E-state index contributed by atoms with van der Waals surface area (Å²) in [5, 5.41) is 8.58. The summed E-state index contributed by atoms with van der Waals surface area (Å²) < 4.78 is 36.4. The average molecular weight is 350 g/mol. The highest BCUT2D eigenvalue weighted by molar-refractivity contribution is 5.24. The second-order valence-corrected chi connectivity index (χ2v) is 6.99. The number of halogens is 2. The molecule has 4 rings (SSSR count). The Balaban J connectivity index is 1.49. The molecule has 6 nitrogen and oxygen atoms in total. The summed E-state index contributed by atoms with van der Waals surface area (Å²) in [6.07, 6.45) is 7.19. The van der Waals surface area contributed by atoms with E-state index in [1.165, 1.54) is 6.07 Å². The van der Waals surface area contributed by atoms with Gasteiger partial charge >= 0.3 is 6.61 Å². The quantitative estimate of drug-likeness (QED) is 0.802. The van der Waals surface area contributed by atoms with E-state index in [2.05, 4.69) is 20.0 Å². The van der Waals surface area contributed by atoms with Crippen molar-refractivity contribution in [3.05, 3.63) is 35.8 Å². The van der Waals surface area contributed by atoms with Crippen LogP contribution in [0.3, 0.4) is 0 Å². The largest absolute Gasteiger partial charge is 0.417 e. The maximum atomic E-state index is 12.3. The van der Waals surface area contributed by atoms with Gasteiger partial charge in [0.15, 0.2) is 0 Å². The van der Waals surface area contributed by atoms with E-state index in [1.807, 2.05) is 6.20 Å². The Hall–Kier alpha value is -2.09. The molecule has 0 atom stereocenters. The smallest absolute Gasteiger partial charge is 0.388 e. The first kappa shape index (κ1) is 16.4. The molecule has 8 heteroatoms. The third-order valence-electron chi connectivity index (χ3n) is 5.61. The fourth-order valence-electron chi connectivity index (χ4n) is 4.26. The zero-order chi connectivity index (χ0) is 17.5. The summed E-state index contributed by atoms with van der Waals surface area (Å²) >= 11 is 0. The lowest BCUT2D eigenvalue weighted by molar-refractivity contribution is -0.0529. The van der Waals surface area contributed by atoms with Crippen LogP contribution in [-0.4, -0.2) is 39.3 Å². The number of fused-ring (bicyclic) bond motifs is 2.